The van der Waals surface area contributed by atoms with Crippen LogP contribution in [0.15, 0.2) is 42.0 Å². The summed E-state index contributed by atoms with van der Waals surface area (Å²) in [4.78, 5) is 10.8. The van der Waals surface area contributed by atoms with E-state index in [2.05, 4.69) is 4.74 Å². The van der Waals surface area contributed by atoms with Gasteiger partial charge >= 0.3 is 5.97 Å². The van der Waals surface area contributed by atoms with Crippen molar-refractivity contribution < 1.29 is 14.6 Å². The topological polar surface area (TPSA) is 46.5 Å². The zero-order valence-electron chi connectivity index (χ0n) is 8.88. The summed E-state index contributed by atoms with van der Waals surface area (Å²) in [5.74, 6) is -0.504. The van der Waals surface area contributed by atoms with Crippen LogP contribution in [0.5, 0.6) is 0 Å². The Bertz CT molecular complexity index is 455. The van der Waals surface area contributed by atoms with Gasteiger partial charge in [0, 0.05) is 11.6 Å². The van der Waals surface area contributed by atoms with E-state index in [1.807, 2.05) is 37.3 Å². The second kappa shape index (κ2) is 4.33. The highest BCUT2D eigenvalue weighted by molar-refractivity contribution is 5.86. The van der Waals surface area contributed by atoms with Crippen molar-refractivity contribution in [3.8, 4) is 0 Å². The molecule has 1 aliphatic heterocycles. The van der Waals surface area contributed by atoms with E-state index in [0.29, 0.717) is 5.57 Å². The Hall–Kier alpha value is -1.87. The third-order valence-corrected chi connectivity index (χ3v) is 2.34. The molecule has 3 heteroatoms. The molecular weight excluding hydrogens is 204 g/mol. The van der Waals surface area contributed by atoms with Gasteiger partial charge in [0.15, 0.2) is 0 Å². The van der Waals surface area contributed by atoms with E-state index in [-0.39, 0.29) is 0 Å². The molecular formula is C13H12O3. The number of aliphatic hydroxyl groups is 1. The summed E-state index contributed by atoms with van der Waals surface area (Å²) in [5.41, 5.74) is 2.68. The van der Waals surface area contributed by atoms with E-state index in [0.717, 1.165) is 5.56 Å². The van der Waals surface area contributed by atoms with Crippen molar-refractivity contribution in [3.05, 3.63) is 53.1 Å². The van der Waals surface area contributed by atoms with Crippen molar-refractivity contribution in [2.75, 3.05) is 0 Å². The number of aryl methyl sites for hydroxylation is 1. The van der Waals surface area contributed by atoms with Gasteiger partial charge in [0.25, 0.3) is 0 Å². The predicted molar refractivity (Wildman–Crippen MR) is 60.4 cm³/mol. The van der Waals surface area contributed by atoms with E-state index in [9.17, 15) is 9.90 Å². The van der Waals surface area contributed by atoms with Gasteiger partial charge in [0.1, 0.15) is 0 Å². The number of esters is 1. The molecule has 1 aromatic rings. The number of hydrogen-bond donors (Lipinski definition) is 1. The molecule has 0 aromatic heterocycles. The van der Waals surface area contributed by atoms with Gasteiger partial charge in [-0.1, -0.05) is 42.0 Å². The van der Waals surface area contributed by atoms with Crippen LogP contribution in [0.2, 0.25) is 0 Å². The van der Waals surface area contributed by atoms with Gasteiger partial charge in [0.2, 0.25) is 6.29 Å². The molecule has 1 heterocycles. The van der Waals surface area contributed by atoms with Crippen molar-refractivity contribution >= 4 is 12.0 Å². The quantitative estimate of drug-likeness (QED) is 0.767. The lowest BCUT2D eigenvalue weighted by Gasteiger charge is -2.02. The maximum Gasteiger partial charge on any atom is 0.333 e. The minimum atomic E-state index is -1.13. The summed E-state index contributed by atoms with van der Waals surface area (Å²) in [6, 6.07) is 7.94. The fourth-order valence-corrected chi connectivity index (χ4v) is 1.42. The molecule has 0 saturated heterocycles. The van der Waals surface area contributed by atoms with Crippen LogP contribution in [0.25, 0.3) is 6.08 Å². The van der Waals surface area contributed by atoms with Crippen LogP contribution in [0, 0.1) is 6.92 Å². The first-order valence-electron chi connectivity index (χ1n) is 5.00. The molecule has 0 saturated carbocycles. The molecule has 0 radical (unpaired) electrons. The number of cyclic esters (lactones) is 1. The predicted octanol–water partition coefficient (Wildman–Crippen LogP) is 1.81. The van der Waals surface area contributed by atoms with Crippen molar-refractivity contribution in [1.29, 1.82) is 0 Å². The number of benzene rings is 1. The molecule has 2 rings (SSSR count). The normalized spacial score (nSPS) is 20.0. The number of carbonyl (C=O) groups excluding carboxylic acids is 1. The van der Waals surface area contributed by atoms with E-state index in [1.54, 1.807) is 6.08 Å². The van der Waals surface area contributed by atoms with Crippen LogP contribution in [0.1, 0.15) is 11.1 Å². The highest BCUT2D eigenvalue weighted by atomic mass is 16.6. The minimum Gasteiger partial charge on any atom is -0.428 e. The van der Waals surface area contributed by atoms with Crippen molar-refractivity contribution in [2.24, 2.45) is 0 Å². The third-order valence-electron chi connectivity index (χ3n) is 2.34. The third kappa shape index (κ3) is 2.38. The fraction of sp³-hybridized carbons (Fsp3) is 0.154. The number of carbonyl (C=O) groups is 1. The Morgan fingerprint density at radius 3 is 2.50 bits per heavy atom. The van der Waals surface area contributed by atoms with Gasteiger partial charge in [-0.15, -0.1) is 0 Å². The Morgan fingerprint density at radius 1 is 1.25 bits per heavy atom. The van der Waals surface area contributed by atoms with Crippen LogP contribution in [0.4, 0.5) is 0 Å². The molecule has 1 unspecified atom stereocenters. The van der Waals surface area contributed by atoms with Gasteiger partial charge in [-0.05, 0) is 12.5 Å². The standard InChI is InChI=1S/C13H12O3/c1-9-2-4-10(5-3-9)6-7-11-8-12(14)16-13(11)15/h2-8,13,15H,1H3/b7-6+. The molecule has 0 aliphatic carbocycles. The highest BCUT2D eigenvalue weighted by Crippen LogP contribution is 2.16. The summed E-state index contributed by atoms with van der Waals surface area (Å²) >= 11 is 0. The van der Waals surface area contributed by atoms with Gasteiger partial charge in [0.05, 0.1) is 0 Å². The Morgan fingerprint density at radius 2 is 1.94 bits per heavy atom. The molecule has 0 amide bonds. The van der Waals surface area contributed by atoms with E-state index < -0.39 is 12.3 Å². The average Bonchev–Trinajstić information content (AvgIpc) is 2.57. The van der Waals surface area contributed by atoms with E-state index in [4.69, 9.17) is 0 Å². The molecule has 1 aliphatic rings. The Balaban J connectivity index is 2.12. The molecule has 82 valence electrons. The first kappa shape index (κ1) is 10.6. The van der Waals surface area contributed by atoms with E-state index >= 15 is 0 Å². The lowest BCUT2D eigenvalue weighted by Crippen LogP contribution is -2.08. The monoisotopic (exact) mass is 216 g/mol. The largest absolute Gasteiger partial charge is 0.428 e. The zero-order chi connectivity index (χ0) is 11.5. The Kier molecular flexibility index (Phi) is 2.88. The maximum atomic E-state index is 10.8. The number of rotatable bonds is 2. The number of ether oxygens (including phenoxy) is 1. The van der Waals surface area contributed by atoms with Crippen LogP contribution < -0.4 is 0 Å². The highest BCUT2D eigenvalue weighted by Gasteiger charge is 2.21. The molecule has 16 heavy (non-hydrogen) atoms. The second-order valence-corrected chi connectivity index (χ2v) is 3.68. The second-order valence-electron chi connectivity index (χ2n) is 3.68. The summed E-state index contributed by atoms with van der Waals surface area (Å²) in [6.45, 7) is 2.02. The molecule has 1 aromatic carbocycles. The summed E-state index contributed by atoms with van der Waals surface area (Å²) in [6.07, 6.45) is 3.67. The zero-order valence-corrected chi connectivity index (χ0v) is 8.88. The molecule has 0 bridgehead atoms. The lowest BCUT2D eigenvalue weighted by atomic mass is 10.1. The minimum absolute atomic E-state index is 0.477. The maximum absolute atomic E-state index is 10.8. The number of hydrogen-bond acceptors (Lipinski definition) is 3. The SMILES string of the molecule is Cc1ccc(/C=C/C2=CC(=O)OC2O)cc1. The molecule has 0 spiro atoms. The lowest BCUT2D eigenvalue weighted by molar-refractivity contribution is -0.150. The summed E-state index contributed by atoms with van der Waals surface area (Å²) < 4.78 is 4.55. The van der Waals surface area contributed by atoms with Crippen molar-refractivity contribution in [1.82, 2.24) is 0 Å². The van der Waals surface area contributed by atoms with Gasteiger partial charge in [-0.25, -0.2) is 4.79 Å². The van der Waals surface area contributed by atoms with E-state index in [1.165, 1.54) is 11.6 Å². The van der Waals surface area contributed by atoms with Crippen LogP contribution >= 0.6 is 0 Å². The molecule has 1 atom stereocenters. The van der Waals surface area contributed by atoms with Crippen LogP contribution in [0.3, 0.4) is 0 Å². The van der Waals surface area contributed by atoms with Gasteiger partial charge in [-0.2, -0.15) is 0 Å². The summed E-state index contributed by atoms with van der Waals surface area (Å²) in [7, 11) is 0. The molecule has 3 nitrogen and oxygen atoms in total. The number of aliphatic hydroxyl groups excluding tert-OH is 1. The first-order valence-corrected chi connectivity index (χ1v) is 5.00. The Labute approximate surface area is 93.7 Å². The van der Waals surface area contributed by atoms with Crippen molar-refractivity contribution in [3.63, 3.8) is 0 Å². The van der Waals surface area contributed by atoms with Crippen molar-refractivity contribution in [2.45, 2.75) is 13.2 Å². The smallest absolute Gasteiger partial charge is 0.333 e. The molecule has 0 fully saturated rings. The van der Waals surface area contributed by atoms with Gasteiger partial charge < -0.3 is 9.84 Å². The van der Waals surface area contributed by atoms with Crippen LogP contribution in [-0.2, 0) is 9.53 Å². The first-order chi connectivity index (χ1) is 7.65. The van der Waals surface area contributed by atoms with Gasteiger partial charge in [-0.3, -0.25) is 0 Å². The summed E-state index contributed by atoms with van der Waals surface area (Å²) in [5, 5.41) is 9.32. The van der Waals surface area contributed by atoms with Crippen LogP contribution in [-0.4, -0.2) is 17.4 Å². The fourth-order valence-electron chi connectivity index (χ4n) is 1.42. The molecule has 1 N–H and O–H groups in total. The average molecular weight is 216 g/mol.